The summed E-state index contributed by atoms with van der Waals surface area (Å²) in [4.78, 5) is 14.6. The van der Waals surface area contributed by atoms with E-state index < -0.39 is 0 Å². The first-order valence-electron chi connectivity index (χ1n) is 9.17. The Bertz CT molecular complexity index is 847. The van der Waals surface area contributed by atoms with Crippen LogP contribution in [0.4, 0.5) is 4.39 Å². The number of hydrogen-bond donors (Lipinski definition) is 1. The van der Waals surface area contributed by atoms with Gasteiger partial charge in [0.15, 0.2) is 5.69 Å². The Hall–Kier alpha value is -2.25. The summed E-state index contributed by atoms with van der Waals surface area (Å²) in [7, 11) is 5.62. The van der Waals surface area contributed by atoms with Crippen LogP contribution in [0.25, 0.3) is 0 Å². The topological polar surface area (TPSA) is 59.4 Å². The molecule has 0 unspecified atom stereocenters. The van der Waals surface area contributed by atoms with Crippen molar-refractivity contribution in [2.75, 3.05) is 14.1 Å². The molecule has 0 saturated heterocycles. The molecular weight excluding hydrogens is 347 g/mol. The molecule has 0 bridgehead atoms. The van der Waals surface area contributed by atoms with Gasteiger partial charge in [0.25, 0.3) is 5.91 Å². The third-order valence-electron chi connectivity index (χ3n) is 4.78. The third-order valence-corrected chi connectivity index (χ3v) is 4.78. The molecule has 7 heteroatoms. The summed E-state index contributed by atoms with van der Waals surface area (Å²) >= 11 is 0. The number of carbonyl (C=O) groups is 1. The number of fused-ring (bicyclic) bond motifs is 1. The van der Waals surface area contributed by atoms with Crippen LogP contribution < -0.4 is 5.32 Å². The van der Waals surface area contributed by atoms with Crippen molar-refractivity contribution < 1.29 is 13.9 Å². The summed E-state index contributed by atoms with van der Waals surface area (Å²) < 4.78 is 21.8. The maximum atomic E-state index is 14.2. The van der Waals surface area contributed by atoms with Gasteiger partial charge in [0, 0.05) is 37.7 Å². The van der Waals surface area contributed by atoms with E-state index in [0.717, 1.165) is 16.8 Å². The van der Waals surface area contributed by atoms with E-state index in [-0.39, 0.29) is 30.5 Å². The highest BCUT2D eigenvalue weighted by molar-refractivity contribution is 5.94. The molecule has 1 aliphatic heterocycles. The van der Waals surface area contributed by atoms with Gasteiger partial charge in [0.05, 0.1) is 17.9 Å². The number of aromatic nitrogens is 2. The van der Waals surface area contributed by atoms with Crippen molar-refractivity contribution in [1.82, 2.24) is 20.0 Å². The minimum atomic E-state index is -0.259. The fraction of sp³-hybridized carbons (Fsp3) is 0.500. The number of hydrogen-bond acceptors (Lipinski definition) is 4. The Kier molecular flexibility index (Phi) is 5.62. The van der Waals surface area contributed by atoms with Crippen LogP contribution >= 0.6 is 0 Å². The molecule has 27 heavy (non-hydrogen) atoms. The molecule has 0 spiro atoms. The average Bonchev–Trinajstić information content (AvgIpc) is 2.91. The Morgan fingerprint density at radius 1 is 1.41 bits per heavy atom. The minimum Gasteiger partial charge on any atom is -0.369 e. The van der Waals surface area contributed by atoms with Crippen molar-refractivity contribution in [3.8, 4) is 0 Å². The van der Waals surface area contributed by atoms with Gasteiger partial charge in [0.1, 0.15) is 5.82 Å². The Labute approximate surface area is 159 Å². The highest BCUT2D eigenvalue weighted by atomic mass is 19.1. The molecule has 2 heterocycles. The van der Waals surface area contributed by atoms with Gasteiger partial charge in [-0.3, -0.25) is 9.48 Å². The van der Waals surface area contributed by atoms with Crippen LogP contribution in [0.2, 0.25) is 0 Å². The average molecular weight is 374 g/mol. The summed E-state index contributed by atoms with van der Waals surface area (Å²) in [6.07, 6.45) is 0.604. The molecule has 0 fully saturated rings. The standard InChI is InChI=1S/C20H27FN4O2/c1-12-8-16-18(23-25(5)19(16)13(2)27-12)20(26)22-10-14-6-7-15(11-24(3)4)17(21)9-14/h6-7,9,12-13H,8,10-11H2,1-5H3,(H,22,26)/t12-,13+/m1/s1. The molecule has 1 amide bonds. The monoisotopic (exact) mass is 374 g/mol. The van der Waals surface area contributed by atoms with E-state index in [9.17, 15) is 9.18 Å². The van der Waals surface area contributed by atoms with Crippen molar-refractivity contribution in [3.63, 3.8) is 0 Å². The number of carbonyl (C=O) groups excluding carboxylic acids is 1. The number of nitrogens with zero attached hydrogens (tertiary/aromatic N) is 3. The van der Waals surface area contributed by atoms with Crippen molar-refractivity contribution in [3.05, 3.63) is 52.1 Å². The van der Waals surface area contributed by atoms with E-state index in [1.165, 1.54) is 6.07 Å². The van der Waals surface area contributed by atoms with Gasteiger partial charge in [-0.15, -0.1) is 0 Å². The Morgan fingerprint density at radius 3 is 2.81 bits per heavy atom. The summed E-state index contributed by atoms with van der Waals surface area (Å²) in [6, 6.07) is 5.08. The smallest absolute Gasteiger partial charge is 0.272 e. The van der Waals surface area contributed by atoms with Crippen LogP contribution in [-0.4, -0.2) is 40.8 Å². The first-order valence-corrected chi connectivity index (χ1v) is 9.17. The van der Waals surface area contributed by atoms with Crippen LogP contribution in [0, 0.1) is 5.82 Å². The molecule has 0 aliphatic carbocycles. The Balaban J connectivity index is 1.72. The Morgan fingerprint density at radius 2 is 2.15 bits per heavy atom. The quantitative estimate of drug-likeness (QED) is 0.874. The zero-order valence-electron chi connectivity index (χ0n) is 16.5. The number of aryl methyl sites for hydroxylation is 1. The molecule has 1 aromatic carbocycles. The molecule has 1 aromatic heterocycles. The van der Waals surface area contributed by atoms with E-state index >= 15 is 0 Å². The molecule has 0 radical (unpaired) electrons. The zero-order valence-corrected chi connectivity index (χ0v) is 16.5. The maximum absolute atomic E-state index is 14.2. The van der Waals surface area contributed by atoms with Gasteiger partial charge >= 0.3 is 0 Å². The molecule has 2 atom stereocenters. The van der Waals surface area contributed by atoms with E-state index in [1.54, 1.807) is 10.7 Å². The second kappa shape index (κ2) is 7.78. The van der Waals surface area contributed by atoms with Crippen LogP contribution in [0.3, 0.4) is 0 Å². The fourth-order valence-corrected chi connectivity index (χ4v) is 3.66. The lowest BCUT2D eigenvalue weighted by atomic mass is 9.99. The number of ether oxygens (including phenoxy) is 1. The molecule has 2 aromatic rings. The van der Waals surface area contributed by atoms with Gasteiger partial charge in [-0.25, -0.2) is 4.39 Å². The van der Waals surface area contributed by atoms with Crippen molar-refractivity contribution in [2.45, 2.75) is 45.6 Å². The molecule has 0 saturated carbocycles. The molecule has 3 rings (SSSR count). The van der Waals surface area contributed by atoms with Gasteiger partial charge in [-0.2, -0.15) is 5.10 Å². The third kappa shape index (κ3) is 4.20. The SMILES string of the molecule is C[C@@H]1Cc2c(C(=O)NCc3ccc(CN(C)C)c(F)c3)nn(C)c2[C@H](C)O1. The number of amides is 1. The van der Waals surface area contributed by atoms with Crippen LogP contribution in [0.15, 0.2) is 18.2 Å². The second-order valence-corrected chi connectivity index (χ2v) is 7.48. The lowest BCUT2D eigenvalue weighted by molar-refractivity contribution is -0.00903. The van der Waals surface area contributed by atoms with Gasteiger partial charge in [-0.1, -0.05) is 12.1 Å². The number of benzene rings is 1. The molecule has 6 nitrogen and oxygen atoms in total. The minimum absolute atomic E-state index is 0.0431. The number of nitrogens with one attached hydrogen (secondary N) is 1. The van der Waals surface area contributed by atoms with E-state index in [0.29, 0.717) is 24.2 Å². The normalized spacial score (nSPS) is 19.2. The highest BCUT2D eigenvalue weighted by Crippen LogP contribution is 2.31. The van der Waals surface area contributed by atoms with E-state index in [1.807, 2.05) is 46.0 Å². The van der Waals surface area contributed by atoms with Gasteiger partial charge in [0.2, 0.25) is 0 Å². The van der Waals surface area contributed by atoms with Crippen LogP contribution in [-0.2, 0) is 31.3 Å². The van der Waals surface area contributed by atoms with Gasteiger partial charge < -0.3 is 15.0 Å². The summed E-state index contributed by atoms with van der Waals surface area (Å²) in [6.45, 7) is 4.75. The van der Waals surface area contributed by atoms with Crippen molar-refractivity contribution in [1.29, 1.82) is 0 Å². The first-order chi connectivity index (χ1) is 12.8. The highest BCUT2D eigenvalue weighted by Gasteiger charge is 2.31. The maximum Gasteiger partial charge on any atom is 0.272 e. The molecule has 146 valence electrons. The molecule has 1 aliphatic rings. The predicted octanol–water partition coefficient (Wildman–Crippen LogP) is 2.57. The largest absolute Gasteiger partial charge is 0.369 e. The summed E-state index contributed by atoms with van der Waals surface area (Å²) in [5, 5.41) is 7.26. The van der Waals surface area contributed by atoms with Crippen molar-refractivity contribution >= 4 is 5.91 Å². The summed E-state index contributed by atoms with van der Waals surface area (Å²) in [5.74, 6) is -0.503. The number of rotatable bonds is 5. The predicted molar refractivity (Wildman–Crippen MR) is 101 cm³/mol. The van der Waals surface area contributed by atoms with Crippen LogP contribution in [0.5, 0.6) is 0 Å². The van der Waals surface area contributed by atoms with Crippen LogP contribution in [0.1, 0.15) is 52.8 Å². The number of halogens is 1. The summed E-state index contributed by atoms with van der Waals surface area (Å²) in [5.41, 5.74) is 3.67. The second-order valence-electron chi connectivity index (χ2n) is 7.48. The first kappa shape index (κ1) is 19.5. The van der Waals surface area contributed by atoms with Gasteiger partial charge in [-0.05, 0) is 39.6 Å². The van der Waals surface area contributed by atoms with E-state index in [4.69, 9.17) is 4.74 Å². The lowest BCUT2D eigenvalue weighted by Gasteiger charge is -2.26. The molecular formula is C20H27FN4O2. The van der Waals surface area contributed by atoms with Crippen molar-refractivity contribution in [2.24, 2.45) is 7.05 Å². The molecule has 1 N–H and O–H groups in total. The zero-order chi connectivity index (χ0) is 19.7. The van der Waals surface area contributed by atoms with E-state index in [2.05, 4.69) is 10.4 Å². The fourth-order valence-electron chi connectivity index (χ4n) is 3.66. The lowest BCUT2D eigenvalue weighted by Crippen LogP contribution is -2.27.